The molecule has 0 spiro atoms. The van der Waals surface area contributed by atoms with Crippen LogP contribution in [0, 0.1) is 0 Å². The quantitative estimate of drug-likeness (QED) is 0.277. The summed E-state index contributed by atoms with van der Waals surface area (Å²) in [6, 6.07) is 44.8. The summed E-state index contributed by atoms with van der Waals surface area (Å²) in [6.07, 6.45) is 4.79. The molecular formula is C37H30Cl2O2Zr. The number of rotatable bonds is 6. The van der Waals surface area contributed by atoms with E-state index >= 15 is 0 Å². The molecule has 5 aromatic rings. The van der Waals surface area contributed by atoms with Crippen molar-refractivity contribution < 1.29 is 55.6 Å². The van der Waals surface area contributed by atoms with Crippen molar-refractivity contribution in [2.24, 2.45) is 0 Å². The molecular weight excluding hydrogens is 639 g/mol. The van der Waals surface area contributed by atoms with Gasteiger partial charge in [0.2, 0.25) is 0 Å². The summed E-state index contributed by atoms with van der Waals surface area (Å²) in [4.78, 5) is 0. The minimum absolute atomic E-state index is 0. The zero-order valence-electron chi connectivity index (χ0n) is 23.4. The predicted octanol–water partition coefficient (Wildman–Crippen LogP) is 2.44. The summed E-state index contributed by atoms with van der Waals surface area (Å²) >= 11 is -2.80. The zero-order valence-corrected chi connectivity index (χ0v) is 27.4. The van der Waals surface area contributed by atoms with Crippen LogP contribution >= 0.6 is 0 Å². The molecule has 0 radical (unpaired) electrons. The summed E-state index contributed by atoms with van der Waals surface area (Å²) < 4.78 is 13.8. The van der Waals surface area contributed by atoms with E-state index in [1.165, 1.54) is 44.5 Å². The summed E-state index contributed by atoms with van der Waals surface area (Å²) in [5.74, 6) is 1.58. The second-order valence-corrected chi connectivity index (χ2v) is 16.8. The zero-order chi connectivity index (χ0) is 27.1. The van der Waals surface area contributed by atoms with E-state index in [-0.39, 0.29) is 24.8 Å². The van der Waals surface area contributed by atoms with Crippen molar-refractivity contribution >= 4 is 9.28 Å². The molecule has 2 aliphatic rings. The van der Waals surface area contributed by atoms with Crippen molar-refractivity contribution in [2.75, 3.05) is 14.2 Å². The first-order chi connectivity index (χ1) is 19.8. The van der Waals surface area contributed by atoms with Crippen molar-refractivity contribution in [1.82, 2.24) is 0 Å². The summed E-state index contributed by atoms with van der Waals surface area (Å²) in [5.41, 5.74) is 11.0. The fourth-order valence-corrected chi connectivity index (χ4v) is 16.5. The van der Waals surface area contributed by atoms with E-state index in [2.05, 4.69) is 133 Å². The third-order valence-electron chi connectivity index (χ3n) is 8.29. The van der Waals surface area contributed by atoms with Gasteiger partial charge in [0.05, 0.1) is 0 Å². The Morgan fingerprint density at radius 3 is 1.57 bits per heavy atom. The Hall–Kier alpha value is -3.23. The van der Waals surface area contributed by atoms with E-state index in [0.717, 1.165) is 11.5 Å². The van der Waals surface area contributed by atoms with E-state index in [9.17, 15) is 0 Å². The van der Waals surface area contributed by atoms with Gasteiger partial charge in [0, 0.05) is 0 Å². The Bertz CT molecular complexity index is 1690. The summed E-state index contributed by atoms with van der Waals surface area (Å²) in [5, 5.41) is 0. The number of fused-ring (bicyclic) bond motifs is 4. The van der Waals surface area contributed by atoms with Gasteiger partial charge in [-0.1, -0.05) is 0 Å². The SMILES string of the molecule is COc1cc2c(cc1OC)[CH]([Zr+2](=[C](c1ccccc1)c1ccccc1)[CH]1c3ccccc3-c3ccccc31)C=C2.[Cl-].[Cl-]. The topological polar surface area (TPSA) is 18.5 Å². The van der Waals surface area contributed by atoms with E-state index < -0.39 is 21.3 Å². The number of methoxy groups -OCH3 is 2. The third kappa shape index (κ3) is 5.13. The van der Waals surface area contributed by atoms with Crippen LogP contribution in [0.1, 0.15) is 40.6 Å². The van der Waals surface area contributed by atoms with Crippen LogP contribution in [0.5, 0.6) is 11.5 Å². The molecule has 5 aromatic carbocycles. The maximum absolute atomic E-state index is 5.82. The molecule has 5 heteroatoms. The molecule has 0 aromatic heterocycles. The van der Waals surface area contributed by atoms with Gasteiger partial charge in [-0.25, -0.2) is 0 Å². The smallest absolute Gasteiger partial charge is 1.00 e. The predicted molar refractivity (Wildman–Crippen MR) is 161 cm³/mol. The standard InChI is InChI=1S/C13H9.C13H10.C11H11O2.2ClH.Zr/c1-3-7-12-10(5-1)9-11-6-2-4-8-13(11)12;1-3-7-12(8-4-1)11-13-9-5-2-6-10-13;1-12-10-6-8-4-3-5-9(8)7-11(10)13-2;;;/h1-9H;1-10H;3-7H,1-2H3;2*1H;/q;;;;;+2/p-2. The van der Waals surface area contributed by atoms with Crippen molar-refractivity contribution in [3.8, 4) is 22.6 Å². The van der Waals surface area contributed by atoms with Gasteiger partial charge < -0.3 is 24.8 Å². The molecule has 0 N–H and O–H groups in total. The largest absolute Gasteiger partial charge is 1.00 e. The molecule has 208 valence electrons. The molecule has 0 bridgehead atoms. The normalized spacial score (nSPS) is 13.9. The summed E-state index contributed by atoms with van der Waals surface area (Å²) in [7, 11) is 3.45. The minimum atomic E-state index is -2.80. The van der Waals surface area contributed by atoms with Crippen molar-refractivity contribution in [3.05, 3.63) is 161 Å². The van der Waals surface area contributed by atoms with E-state index in [1.807, 2.05) is 0 Å². The maximum Gasteiger partial charge on any atom is -1.00 e. The first-order valence-corrected chi connectivity index (χ1v) is 17.8. The van der Waals surface area contributed by atoms with Crippen LogP contribution in [0.2, 0.25) is 0 Å². The van der Waals surface area contributed by atoms with Crippen molar-refractivity contribution in [2.45, 2.75) is 7.25 Å². The number of allylic oxidation sites excluding steroid dienone is 1. The molecule has 7 rings (SSSR count). The Labute approximate surface area is 268 Å². The van der Waals surface area contributed by atoms with Gasteiger partial charge >= 0.3 is 245 Å². The van der Waals surface area contributed by atoms with Gasteiger partial charge in [0.15, 0.2) is 0 Å². The molecule has 0 heterocycles. The van der Waals surface area contributed by atoms with Gasteiger partial charge in [0.25, 0.3) is 0 Å². The number of halogens is 2. The van der Waals surface area contributed by atoms with Crippen LogP contribution < -0.4 is 34.3 Å². The molecule has 0 aliphatic heterocycles. The van der Waals surface area contributed by atoms with Gasteiger partial charge in [-0.05, 0) is 0 Å². The number of benzene rings is 5. The second-order valence-electron chi connectivity index (χ2n) is 10.3. The fourth-order valence-electron chi connectivity index (χ4n) is 6.58. The number of ether oxygens (including phenoxy) is 2. The number of hydrogen-bond acceptors (Lipinski definition) is 2. The Morgan fingerprint density at radius 2 is 1.05 bits per heavy atom. The van der Waals surface area contributed by atoms with Crippen LogP contribution in [-0.4, -0.2) is 17.4 Å². The van der Waals surface area contributed by atoms with Gasteiger partial charge in [-0.3, -0.25) is 0 Å². The van der Waals surface area contributed by atoms with Crippen LogP contribution in [0.3, 0.4) is 0 Å². The van der Waals surface area contributed by atoms with Crippen molar-refractivity contribution in [3.63, 3.8) is 0 Å². The third-order valence-corrected chi connectivity index (χ3v) is 17.1. The first-order valence-electron chi connectivity index (χ1n) is 13.8. The minimum Gasteiger partial charge on any atom is -1.00 e. The van der Waals surface area contributed by atoms with Gasteiger partial charge in [0.1, 0.15) is 0 Å². The van der Waals surface area contributed by atoms with Crippen LogP contribution in [0.15, 0.2) is 127 Å². The van der Waals surface area contributed by atoms with E-state index in [1.54, 1.807) is 17.4 Å². The first kappa shape index (κ1) is 30.2. The van der Waals surface area contributed by atoms with E-state index in [0.29, 0.717) is 7.25 Å². The summed E-state index contributed by atoms with van der Waals surface area (Å²) in [6.45, 7) is 0. The molecule has 2 nitrogen and oxygen atoms in total. The fraction of sp³-hybridized carbons (Fsp3) is 0.108. The van der Waals surface area contributed by atoms with Crippen LogP contribution in [0.25, 0.3) is 17.2 Å². The Balaban J connectivity index is 0.00000176. The molecule has 0 saturated carbocycles. The molecule has 42 heavy (non-hydrogen) atoms. The number of hydrogen-bond donors (Lipinski definition) is 0. The second kappa shape index (κ2) is 13.0. The molecule has 1 atom stereocenters. The molecule has 1 unspecified atom stereocenters. The molecule has 0 amide bonds. The Morgan fingerprint density at radius 1 is 0.571 bits per heavy atom. The van der Waals surface area contributed by atoms with Gasteiger partial charge in [-0.15, -0.1) is 0 Å². The average Bonchev–Trinajstić information content (AvgIpc) is 3.58. The monoisotopic (exact) mass is 666 g/mol. The average molecular weight is 669 g/mol. The molecule has 0 fully saturated rings. The maximum atomic E-state index is 5.82. The van der Waals surface area contributed by atoms with Crippen LogP contribution in [0.4, 0.5) is 0 Å². The van der Waals surface area contributed by atoms with Crippen molar-refractivity contribution in [1.29, 1.82) is 0 Å². The van der Waals surface area contributed by atoms with Gasteiger partial charge in [-0.2, -0.15) is 0 Å². The van der Waals surface area contributed by atoms with Crippen LogP contribution in [-0.2, 0) is 21.3 Å². The molecule has 0 saturated heterocycles. The van der Waals surface area contributed by atoms with E-state index in [4.69, 9.17) is 9.47 Å². The Kier molecular flexibility index (Phi) is 9.33. The molecule has 2 aliphatic carbocycles.